The van der Waals surface area contributed by atoms with Gasteiger partial charge >= 0.3 is 6.09 Å². The van der Waals surface area contributed by atoms with E-state index in [1.807, 2.05) is 0 Å². The predicted molar refractivity (Wildman–Crippen MR) is 49.9 cm³/mol. The van der Waals surface area contributed by atoms with Gasteiger partial charge in [-0.25, -0.2) is 4.79 Å². The summed E-state index contributed by atoms with van der Waals surface area (Å²) in [6.07, 6.45) is 1.84. The molecule has 4 N–H and O–H groups in total. The number of hydrogen-bond donors (Lipinski definition) is 3. The molecule has 2 aliphatic heterocycles. The largest absolute Gasteiger partial charge is 0.465 e. The highest BCUT2D eigenvalue weighted by atomic mass is 16.4. The molecule has 0 aromatic carbocycles. The molecular formula is C9H16N2O3. The molecule has 2 rings (SSSR count). The quantitative estimate of drug-likeness (QED) is 0.555. The van der Waals surface area contributed by atoms with Crippen molar-refractivity contribution in [3.8, 4) is 0 Å². The Morgan fingerprint density at radius 3 is 2.29 bits per heavy atom. The van der Waals surface area contributed by atoms with E-state index in [0.29, 0.717) is 12.8 Å². The van der Waals surface area contributed by atoms with Gasteiger partial charge in [0.2, 0.25) is 0 Å². The predicted octanol–water partition coefficient (Wildman–Crippen LogP) is -0.0190. The number of piperidine rings is 1. The summed E-state index contributed by atoms with van der Waals surface area (Å²) in [5.74, 6) is 0. The third-order valence-corrected chi connectivity index (χ3v) is 3.45. The third kappa shape index (κ3) is 1.36. The SMILES string of the molecule is NCC1(O)C[C@H]2CC[C@@H](C1)N2C(=O)O. The van der Waals surface area contributed by atoms with E-state index in [1.54, 1.807) is 0 Å². The van der Waals surface area contributed by atoms with Crippen LogP contribution in [0.15, 0.2) is 0 Å². The van der Waals surface area contributed by atoms with Crippen LogP contribution in [-0.2, 0) is 0 Å². The Labute approximate surface area is 82.5 Å². The van der Waals surface area contributed by atoms with E-state index in [-0.39, 0.29) is 18.6 Å². The fraction of sp³-hybridized carbons (Fsp3) is 0.889. The summed E-state index contributed by atoms with van der Waals surface area (Å²) in [5.41, 5.74) is 4.66. The van der Waals surface area contributed by atoms with Crippen LogP contribution in [0.5, 0.6) is 0 Å². The number of aliphatic hydroxyl groups is 1. The van der Waals surface area contributed by atoms with Gasteiger partial charge in [0.25, 0.3) is 0 Å². The molecule has 0 aliphatic carbocycles. The first-order chi connectivity index (χ1) is 6.56. The third-order valence-electron chi connectivity index (χ3n) is 3.45. The summed E-state index contributed by atoms with van der Waals surface area (Å²) < 4.78 is 0. The summed E-state index contributed by atoms with van der Waals surface area (Å²) in [4.78, 5) is 12.4. The van der Waals surface area contributed by atoms with Crippen LogP contribution in [-0.4, -0.2) is 45.4 Å². The van der Waals surface area contributed by atoms with Gasteiger partial charge in [-0.3, -0.25) is 0 Å². The molecule has 2 fully saturated rings. The highest BCUT2D eigenvalue weighted by molar-refractivity contribution is 5.66. The number of carboxylic acid groups (broad SMARTS) is 1. The van der Waals surface area contributed by atoms with Crippen LogP contribution in [0.3, 0.4) is 0 Å². The fourth-order valence-electron chi connectivity index (χ4n) is 2.80. The molecule has 5 heteroatoms. The normalized spacial score (nSPS) is 41.4. The van der Waals surface area contributed by atoms with Gasteiger partial charge in [0, 0.05) is 18.6 Å². The lowest BCUT2D eigenvalue weighted by molar-refractivity contribution is -0.0376. The van der Waals surface area contributed by atoms with Crippen molar-refractivity contribution in [1.29, 1.82) is 0 Å². The zero-order valence-corrected chi connectivity index (χ0v) is 8.02. The zero-order valence-electron chi connectivity index (χ0n) is 8.02. The number of amides is 1. The summed E-state index contributed by atoms with van der Waals surface area (Å²) >= 11 is 0. The molecule has 2 heterocycles. The summed E-state index contributed by atoms with van der Waals surface area (Å²) in [6.45, 7) is 0.230. The number of rotatable bonds is 1. The first-order valence-corrected chi connectivity index (χ1v) is 4.99. The van der Waals surface area contributed by atoms with Gasteiger partial charge in [0.1, 0.15) is 0 Å². The topological polar surface area (TPSA) is 86.8 Å². The average Bonchev–Trinajstić information content (AvgIpc) is 2.40. The van der Waals surface area contributed by atoms with E-state index in [2.05, 4.69) is 0 Å². The van der Waals surface area contributed by atoms with Crippen molar-refractivity contribution in [3.63, 3.8) is 0 Å². The van der Waals surface area contributed by atoms with E-state index in [4.69, 9.17) is 10.8 Å². The second-order valence-electron chi connectivity index (χ2n) is 4.41. The van der Waals surface area contributed by atoms with Crippen LogP contribution < -0.4 is 5.73 Å². The van der Waals surface area contributed by atoms with Crippen molar-refractivity contribution in [2.45, 2.75) is 43.4 Å². The standard InChI is InChI=1S/C9H16N2O3/c10-5-9(14)3-6-1-2-7(4-9)11(6)8(12)13/h6-7,14H,1-5,10H2,(H,12,13)/t6-,7+,9?. The van der Waals surface area contributed by atoms with Gasteiger partial charge in [-0.15, -0.1) is 0 Å². The average molecular weight is 200 g/mol. The molecule has 0 saturated carbocycles. The maximum absolute atomic E-state index is 10.9. The number of fused-ring (bicyclic) bond motifs is 2. The lowest BCUT2D eigenvalue weighted by Gasteiger charge is -2.41. The summed E-state index contributed by atoms with van der Waals surface area (Å²) in [6, 6.07) is -0.0559. The second kappa shape index (κ2) is 3.10. The van der Waals surface area contributed by atoms with E-state index in [1.165, 1.54) is 4.90 Å². The second-order valence-corrected chi connectivity index (χ2v) is 4.41. The number of hydrogen-bond acceptors (Lipinski definition) is 3. The molecule has 0 aromatic heterocycles. The zero-order chi connectivity index (χ0) is 10.3. The van der Waals surface area contributed by atoms with Crippen molar-refractivity contribution in [2.75, 3.05) is 6.54 Å². The minimum Gasteiger partial charge on any atom is -0.465 e. The van der Waals surface area contributed by atoms with Crippen LogP contribution in [0.2, 0.25) is 0 Å². The van der Waals surface area contributed by atoms with Gasteiger partial charge in [0.05, 0.1) is 5.60 Å². The highest BCUT2D eigenvalue weighted by Gasteiger charge is 2.48. The Bertz CT molecular complexity index is 242. The van der Waals surface area contributed by atoms with E-state index in [9.17, 15) is 9.90 Å². The fourth-order valence-corrected chi connectivity index (χ4v) is 2.80. The Morgan fingerprint density at radius 2 is 1.93 bits per heavy atom. The van der Waals surface area contributed by atoms with Crippen molar-refractivity contribution in [3.05, 3.63) is 0 Å². The number of carbonyl (C=O) groups is 1. The van der Waals surface area contributed by atoms with E-state index >= 15 is 0 Å². The van der Waals surface area contributed by atoms with Crippen LogP contribution in [0.25, 0.3) is 0 Å². The highest BCUT2D eigenvalue weighted by Crippen LogP contribution is 2.40. The van der Waals surface area contributed by atoms with Gasteiger partial charge in [-0.2, -0.15) is 0 Å². The van der Waals surface area contributed by atoms with Gasteiger partial charge in [-0.05, 0) is 25.7 Å². The maximum Gasteiger partial charge on any atom is 0.407 e. The molecule has 3 atom stereocenters. The molecule has 0 aromatic rings. The van der Waals surface area contributed by atoms with Crippen LogP contribution >= 0.6 is 0 Å². The molecular weight excluding hydrogens is 184 g/mol. The van der Waals surface area contributed by atoms with Crippen molar-refractivity contribution < 1.29 is 15.0 Å². The Balaban J connectivity index is 2.16. The van der Waals surface area contributed by atoms with Crippen LogP contribution in [0.4, 0.5) is 4.79 Å². The molecule has 1 unspecified atom stereocenters. The van der Waals surface area contributed by atoms with Crippen molar-refractivity contribution in [2.24, 2.45) is 5.73 Å². The molecule has 2 bridgehead atoms. The number of nitrogens with zero attached hydrogens (tertiary/aromatic N) is 1. The van der Waals surface area contributed by atoms with Gasteiger partial charge < -0.3 is 20.8 Å². The molecule has 0 spiro atoms. The minimum absolute atomic E-state index is 0.0280. The van der Waals surface area contributed by atoms with Crippen LogP contribution in [0, 0.1) is 0 Å². The Kier molecular flexibility index (Phi) is 2.16. The van der Waals surface area contributed by atoms with Crippen molar-refractivity contribution >= 4 is 6.09 Å². The first-order valence-electron chi connectivity index (χ1n) is 4.99. The lowest BCUT2D eigenvalue weighted by Crippen LogP contribution is -2.55. The van der Waals surface area contributed by atoms with Crippen molar-refractivity contribution in [1.82, 2.24) is 4.90 Å². The lowest BCUT2D eigenvalue weighted by atomic mass is 9.86. The molecule has 0 radical (unpaired) electrons. The van der Waals surface area contributed by atoms with E-state index < -0.39 is 11.7 Å². The Morgan fingerprint density at radius 1 is 1.43 bits per heavy atom. The summed E-state index contributed by atoms with van der Waals surface area (Å²) in [5, 5.41) is 19.0. The summed E-state index contributed by atoms with van der Waals surface area (Å²) in [7, 11) is 0. The van der Waals surface area contributed by atoms with Gasteiger partial charge in [0.15, 0.2) is 0 Å². The molecule has 5 nitrogen and oxygen atoms in total. The first kappa shape index (κ1) is 9.73. The Hall–Kier alpha value is -0.810. The molecule has 2 saturated heterocycles. The molecule has 1 amide bonds. The van der Waals surface area contributed by atoms with Crippen LogP contribution in [0.1, 0.15) is 25.7 Å². The number of nitrogens with two attached hydrogens (primary N) is 1. The molecule has 14 heavy (non-hydrogen) atoms. The minimum atomic E-state index is -0.864. The van der Waals surface area contributed by atoms with Gasteiger partial charge in [-0.1, -0.05) is 0 Å². The van der Waals surface area contributed by atoms with E-state index in [0.717, 1.165) is 12.8 Å². The molecule has 80 valence electrons. The monoisotopic (exact) mass is 200 g/mol. The molecule has 2 aliphatic rings. The maximum atomic E-state index is 10.9. The smallest absolute Gasteiger partial charge is 0.407 e.